The van der Waals surface area contributed by atoms with Gasteiger partial charge in [-0.25, -0.2) is 0 Å². The van der Waals surface area contributed by atoms with E-state index >= 15 is 0 Å². The molecule has 0 saturated heterocycles. The van der Waals surface area contributed by atoms with Gasteiger partial charge in [0, 0.05) is 10.2 Å². The van der Waals surface area contributed by atoms with Crippen LogP contribution in [-0.2, 0) is 6.42 Å². The van der Waals surface area contributed by atoms with Crippen molar-refractivity contribution in [3.05, 3.63) is 28.2 Å². The maximum Gasteiger partial charge on any atom is 0.0358 e. The molecular weight excluding hydrogens is 216 g/mol. The zero-order chi connectivity index (χ0) is 8.97. The summed E-state index contributed by atoms with van der Waals surface area (Å²) in [5.74, 6) is 0. The van der Waals surface area contributed by atoms with Gasteiger partial charge in [-0.3, -0.25) is 0 Å². The maximum atomic E-state index is 5.80. The molecule has 0 aliphatic carbocycles. The third kappa shape index (κ3) is 2.50. The molecular formula is C9H13BrN2. The molecule has 66 valence electrons. The smallest absolute Gasteiger partial charge is 0.0358 e. The predicted octanol–water partition coefficient (Wildman–Crippen LogP) is 1.79. The summed E-state index contributed by atoms with van der Waals surface area (Å²) < 4.78 is 1.04. The number of rotatable bonds is 3. The quantitative estimate of drug-likeness (QED) is 0.775. The van der Waals surface area contributed by atoms with Crippen molar-refractivity contribution in [3.8, 4) is 0 Å². The highest BCUT2D eigenvalue weighted by Crippen LogP contribution is 2.18. The van der Waals surface area contributed by atoms with Gasteiger partial charge in [-0.15, -0.1) is 0 Å². The van der Waals surface area contributed by atoms with E-state index in [1.54, 1.807) is 0 Å². The normalized spacial score (nSPS) is 10.2. The van der Waals surface area contributed by atoms with Gasteiger partial charge in [0.15, 0.2) is 0 Å². The maximum absolute atomic E-state index is 5.80. The van der Waals surface area contributed by atoms with E-state index in [9.17, 15) is 0 Å². The van der Waals surface area contributed by atoms with Gasteiger partial charge in [0.2, 0.25) is 0 Å². The van der Waals surface area contributed by atoms with Gasteiger partial charge in [0.05, 0.1) is 0 Å². The van der Waals surface area contributed by atoms with E-state index in [1.165, 1.54) is 5.56 Å². The van der Waals surface area contributed by atoms with E-state index in [2.05, 4.69) is 27.3 Å². The zero-order valence-electron chi connectivity index (χ0n) is 7.10. The van der Waals surface area contributed by atoms with E-state index in [-0.39, 0.29) is 0 Å². The second-order valence-corrected chi connectivity index (χ2v) is 3.61. The summed E-state index contributed by atoms with van der Waals surface area (Å²) in [6.45, 7) is 0.964. The zero-order valence-corrected chi connectivity index (χ0v) is 8.69. The molecule has 0 spiro atoms. The van der Waals surface area contributed by atoms with Crippen LogP contribution in [0.5, 0.6) is 0 Å². The summed E-state index contributed by atoms with van der Waals surface area (Å²) in [7, 11) is 1.94. The Morgan fingerprint density at radius 2 is 2.25 bits per heavy atom. The summed E-state index contributed by atoms with van der Waals surface area (Å²) in [4.78, 5) is 0. The Bertz CT molecular complexity index is 261. The van der Waals surface area contributed by atoms with Crippen molar-refractivity contribution >= 4 is 21.6 Å². The van der Waals surface area contributed by atoms with Crippen LogP contribution in [0.25, 0.3) is 0 Å². The van der Waals surface area contributed by atoms with Crippen molar-refractivity contribution < 1.29 is 0 Å². The van der Waals surface area contributed by atoms with Gasteiger partial charge in [0.25, 0.3) is 0 Å². The minimum atomic E-state index is 0.861. The summed E-state index contributed by atoms with van der Waals surface area (Å²) in [5.41, 5.74) is 7.87. The van der Waals surface area contributed by atoms with Crippen molar-refractivity contribution in [2.24, 2.45) is 0 Å². The van der Waals surface area contributed by atoms with Crippen LogP contribution in [0.2, 0.25) is 0 Å². The number of nitrogen functional groups attached to an aromatic ring is 1. The molecule has 3 heteroatoms. The Labute approximate surface area is 81.3 Å². The Balaban J connectivity index is 2.72. The van der Waals surface area contributed by atoms with Crippen LogP contribution < -0.4 is 11.1 Å². The van der Waals surface area contributed by atoms with Crippen LogP contribution in [-0.4, -0.2) is 13.6 Å². The average Bonchev–Trinajstić information content (AvgIpc) is 2.03. The monoisotopic (exact) mass is 228 g/mol. The standard InChI is InChI=1S/C9H13BrN2/c1-12-5-4-7-2-3-8(10)6-9(7)11/h2-3,6,12H,4-5,11H2,1H3. The van der Waals surface area contributed by atoms with Crippen molar-refractivity contribution in [1.29, 1.82) is 0 Å². The van der Waals surface area contributed by atoms with Gasteiger partial charge < -0.3 is 11.1 Å². The summed E-state index contributed by atoms with van der Waals surface area (Å²) >= 11 is 3.37. The second-order valence-electron chi connectivity index (χ2n) is 2.70. The number of benzene rings is 1. The molecule has 12 heavy (non-hydrogen) atoms. The number of nitrogens with two attached hydrogens (primary N) is 1. The van der Waals surface area contributed by atoms with E-state index < -0.39 is 0 Å². The predicted molar refractivity (Wildman–Crippen MR) is 56.2 cm³/mol. The number of hydrogen-bond donors (Lipinski definition) is 2. The van der Waals surface area contributed by atoms with Gasteiger partial charge in [-0.2, -0.15) is 0 Å². The third-order valence-corrected chi connectivity index (χ3v) is 2.25. The van der Waals surface area contributed by atoms with Crippen LogP contribution >= 0.6 is 15.9 Å². The van der Waals surface area contributed by atoms with Gasteiger partial charge in [0.1, 0.15) is 0 Å². The van der Waals surface area contributed by atoms with Crippen LogP contribution in [0, 0.1) is 0 Å². The van der Waals surface area contributed by atoms with Crippen molar-refractivity contribution in [1.82, 2.24) is 5.32 Å². The van der Waals surface area contributed by atoms with Crippen LogP contribution in [0.15, 0.2) is 22.7 Å². The second kappa shape index (κ2) is 4.48. The van der Waals surface area contributed by atoms with Crippen molar-refractivity contribution in [2.45, 2.75) is 6.42 Å². The van der Waals surface area contributed by atoms with Crippen molar-refractivity contribution in [3.63, 3.8) is 0 Å². The molecule has 2 nitrogen and oxygen atoms in total. The Kier molecular flexibility index (Phi) is 3.56. The fourth-order valence-electron chi connectivity index (χ4n) is 1.05. The Morgan fingerprint density at radius 3 is 2.83 bits per heavy atom. The molecule has 0 atom stereocenters. The summed E-state index contributed by atoms with van der Waals surface area (Å²) in [6, 6.07) is 6.00. The molecule has 0 aromatic heterocycles. The molecule has 0 heterocycles. The van der Waals surface area contributed by atoms with E-state index in [0.29, 0.717) is 0 Å². The number of hydrogen-bond acceptors (Lipinski definition) is 2. The van der Waals surface area contributed by atoms with Crippen LogP contribution in [0.4, 0.5) is 5.69 Å². The van der Waals surface area contributed by atoms with E-state index in [4.69, 9.17) is 5.73 Å². The molecule has 0 radical (unpaired) electrons. The lowest BCUT2D eigenvalue weighted by molar-refractivity contribution is 0.793. The number of halogens is 1. The number of anilines is 1. The minimum absolute atomic E-state index is 0.861. The molecule has 0 aliphatic heterocycles. The lowest BCUT2D eigenvalue weighted by atomic mass is 10.1. The first kappa shape index (κ1) is 9.55. The average molecular weight is 229 g/mol. The molecule has 0 aliphatic rings. The van der Waals surface area contributed by atoms with Gasteiger partial charge in [-0.1, -0.05) is 22.0 Å². The highest BCUT2D eigenvalue weighted by atomic mass is 79.9. The first-order valence-electron chi connectivity index (χ1n) is 3.92. The Hall–Kier alpha value is -0.540. The fourth-order valence-corrected chi connectivity index (χ4v) is 1.43. The first-order chi connectivity index (χ1) is 5.74. The van der Waals surface area contributed by atoms with Crippen LogP contribution in [0.1, 0.15) is 5.56 Å². The lowest BCUT2D eigenvalue weighted by Gasteiger charge is -2.04. The summed E-state index contributed by atoms with van der Waals surface area (Å²) in [6.07, 6.45) is 0.982. The SMILES string of the molecule is CNCCc1ccc(Br)cc1N. The molecule has 1 aromatic carbocycles. The highest BCUT2D eigenvalue weighted by Gasteiger charge is 1.98. The number of likely N-dealkylation sites (N-methyl/N-ethyl adjacent to an activating group) is 1. The van der Waals surface area contributed by atoms with Crippen LogP contribution in [0.3, 0.4) is 0 Å². The minimum Gasteiger partial charge on any atom is -0.398 e. The molecule has 3 N–H and O–H groups in total. The molecule has 0 bridgehead atoms. The topological polar surface area (TPSA) is 38.0 Å². The van der Waals surface area contributed by atoms with Crippen molar-refractivity contribution in [2.75, 3.05) is 19.3 Å². The highest BCUT2D eigenvalue weighted by molar-refractivity contribution is 9.10. The van der Waals surface area contributed by atoms with Gasteiger partial charge in [-0.05, 0) is 37.7 Å². The molecule has 1 aromatic rings. The lowest BCUT2D eigenvalue weighted by Crippen LogP contribution is -2.11. The Morgan fingerprint density at radius 1 is 1.50 bits per heavy atom. The van der Waals surface area contributed by atoms with E-state index in [0.717, 1.165) is 23.1 Å². The summed E-state index contributed by atoms with van der Waals surface area (Å²) in [5, 5.41) is 3.09. The molecule has 0 unspecified atom stereocenters. The molecule has 0 saturated carbocycles. The van der Waals surface area contributed by atoms with E-state index in [1.807, 2.05) is 19.2 Å². The largest absolute Gasteiger partial charge is 0.398 e. The molecule has 0 amide bonds. The first-order valence-corrected chi connectivity index (χ1v) is 4.72. The fraction of sp³-hybridized carbons (Fsp3) is 0.333. The van der Waals surface area contributed by atoms with Gasteiger partial charge >= 0.3 is 0 Å². The number of nitrogens with one attached hydrogen (secondary N) is 1. The molecule has 0 fully saturated rings. The third-order valence-electron chi connectivity index (χ3n) is 1.75. The molecule has 1 rings (SSSR count).